The lowest BCUT2D eigenvalue weighted by molar-refractivity contribution is -0.138. The summed E-state index contributed by atoms with van der Waals surface area (Å²) in [6, 6.07) is 6.97. The van der Waals surface area contributed by atoms with Gasteiger partial charge in [-0.2, -0.15) is 4.31 Å². The number of hydrogen-bond acceptors (Lipinski definition) is 3. The van der Waals surface area contributed by atoms with E-state index in [1.807, 2.05) is 24.0 Å². The van der Waals surface area contributed by atoms with Crippen LogP contribution in [-0.4, -0.2) is 49.7 Å². The Bertz CT molecular complexity index is 707. The molecule has 0 radical (unpaired) electrons. The fourth-order valence-corrected chi connectivity index (χ4v) is 5.32. The standard InChI is InChI=1S/C19H28N2O3S/c1-15-5-7-18(8-6-15)25(23,24)21-12-9-17(10-13-21)19(22)20-11-3-4-16(2)14-20/h5-8,16-17H,3-4,9-14H2,1-2H3. The normalized spacial score (nSPS) is 23.6. The third kappa shape index (κ3) is 4.06. The van der Waals surface area contributed by atoms with Gasteiger partial charge in [0.1, 0.15) is 0 Å². The molecule has 2 fully saturated rings. The Morgan fingerprint density at radius 2 is 1.68 bits per heavy atom. The van der Waals surface area contributed by atoms with E-state index in [1.165, 1.54) is 10.7 Å². The van der Waals surface area contributed by atoms with E-state index in [0.29, 0.717) is 36.7 Å². The van der Waals surface area contributed by atoms with Crippen LogP contribution in [-0.2, 0) is 14.8 Å². The minimum absolute atomic E-state index is 0.0326. The summed E-state index contributed by atoms with van der Waals surface area (Å²) in [6.07, 6.45) is 3.51. The molecule has 25 heavy (non-hydrogen) atoms. The molecule has 0 saturated carbocycles. The van der Waals surface area contributed by atoms with Gasteiger partial charge in [0.15, 0.2) is 0 Å². The third-order valence-electron chi connectivity index (χ3n) is 5.43. The van der Waals surface area contributed by atoms with E-state index in [0.717, 1.165) is 25.1 Å². The number of sulfonamides is 1. The van der Waals surface area contributed by atoms with E-state index in [-0.39, 0.29) is 11.8 Å². The summed E-state index contributed by atoms with van der Waals surface area (Å²) in [5.41, 5.74) is 1.04. The number of carbonyl (C=O) groups is 1. The molecule has 2 aliphatic rings. The second kappa shape index (κ2) is 7.46. The van der Waals surface area contributed by atoms with E-state index in [1.54, 1.807) is 12.1 Å². The highest BCUT2D eigenvalue weighted by Gasteiger charge is 2.34. The number of hydrogen-bond donors (Lipinski definition) is 0. The van der Waals surface area contributed by atoms with Gasteiger partial charge in [0, 0.05) is 32.1 Å². The van der Waals surface area contributed by atoms with Gasteiger partial charge in [0.05, 0.1) is 4.90 Å². The lowest BCUT2D eigenvalue weighted by Gasteiger charge is -2.36. The van der Waals surface area contributed by atoms with Crippen LogP contribution in [0.2, 0.25) is 0 Å². The van der Waals surface area contributed by atoms with Crippen LogP contribution in [0.5, 0.6) is 0 Å². The molecule has 0 bridgehead atoms. The Morgan fingerprint density at radius 1 is 1.04 bits per heavy atom. The number of aryl methyl sites for hydroxylation is 1. The Balaban J connectivity index is 1.61. The van der Waals surface area contributed by atoms with Gasteiger partial charge in [-0.15, -0.1) is 0 Å². The highest BCUT2D eigenvalue weighted by atomic mass is 32.2. The van der Waals surface area contributed by atoms with Gasteiger partial charge >= 0.3 is 0 Å². The zero-order valence-corrected chi connectivity index (χ0v) is 16.0. The number of benzene rings is 1. The first kappa shape index (κ1) is 18.4. The van der Waals surface area contributed by atoms with Crippen molar-refractivity contribution in [1.29, 1.82) is 0 Å². The van der Waals surface area contributed by atoms with Crippen molar-refractivity contribution < 1.29 is 13.2 Å². The van der Waals surface area contributed by atoms with Crippen molar-refractivity contribution in [2.75, 3.05) is 26.2 Å². The molecule has 1 amide bonds. The molecule has 1 aromatic carbocycles. The monoisotopic (exact) mass is 364 g/mol. The molecular weight excluding hydrogens is 336 g/mol. The van der Waals surface area contributed by atoms with Crippen molar-refractivity contribution in [2.24, 2.45) is 11.8 Å². The van der Waals surface area contributed by atoms with Crippen molar-refractivity contribution in [3.8, 4) is 0 Å². The van der Waals surface area contributed by atoms with E-state index in [2.05, 4.69) is 6.92 Å². The molecule has 0 aromatic heterocycles. The van der Waals surface area contributed by atoms with Crippen molar-refractivity contribution in [3.63, 3.8) is 0 Å². The van der Waals surface area contributed by atoms with Gasteiger partial charge < -0.3 is 4.90 Å². The molecule has 3 rings (SSSR count). The van der Waals surface area contributed by atoms with E-state index in [9.17, 15) is 13.2 Å². The maximum absolute atomic E-state index is 12.8. The van der Waals surface area contributed by atoms with Crippen LogP contribution in [0.3, 0.4) is 0 Å². The first-order valence-electron chi connectivity index (χ1n) is 9.23. The van der Waals surface area contributed by atoms with Gasteiger partial charge in [-0.1, -0.05) is 24.6 Å². The largest absolute Gasteiger partial charge is 0.342 e. The molecular formula is C19H28N2O3S. The van der Waals surface area contributed by atoms with Crippen LogP contribution >= 0.6 is 0 Å². The van der Waals surface area contributed by atoms with Gasteiger partial charge in [0.25, 0.3) is 0 Å². The summed E-state index contributed by atoms with van der Waals surface area (Å²) >= 11 is 0. The Labute approximate surface area is 151 Å². The zero-order chi connectivity index (χ0) is 18.0. The molecule has 5 nitrogen and oxygen atoms in total. The fourth-order valence-electron chi connectivity index (χ4n) is 3.85. The predicted octanol–water partition coefficient (Wildman–Crippen LogP) is 2.65. The SMILES string of the molecule is Cc1ccc(S(=O)(=O)N2CCC(C(=O)N3CCCC(C)C3)CC2)cc1. The molecule has 2 heterocycles. The van der Waals surface area contributed by atoms with Crippen LogP contribution in [0.4, 0.5) is 0 Å². The van der Waals surface area contributed by atoms with Crippen molar-refractivity contribution in [2.45, 2.75) is 44.4 Å². The van der Waals surface area contributed by atoms with Crippen LogP contribution in [0.25, 0.3) is 0 Å². The number of piperidine rings is 2. The second-order valence-electron chi connectivity index (χ2n) is 7.52. The molecule has 0 aliphatic carbocycles. The van der Waals surface area contributed by atoms with Crippen LogP contribution in [0.15, 0.2) is 29.2 Å². The predicted molar refractivity (Wildman–Crippen MR) is 97.6 cm³/mol. The summed E-state index contributed by atoms with van der Waals surface area (Å²) in [5, 5.41) is 0. The summed E-state index contributed by atoms with van der Waals surface area (Å²) in [4.78, 5) is 15.1. The molecule has 1 aromatic rings. The first-order chi connectivity index (χ1) is 11.9. The number of nitrogens with zero attached hydrogens (tertiary/aromatic N) is 2. The zero-order valence-electron chi connectivity index (χ0n) is 15.1. The first-order valence-corrected chi connectivity index (χ1v) is 10.7. The Kier molecular flexibility index (Phi) is 5.49. The maximum atomic E-state index is 12.8. The smallest absolute Gasteiger partial charge is 0.243 e. The number of likely N-dealkylation sites (tertiary alicyclic amines) is 1. The van der Waals surface area contributed by atoms with E-state index < -0.39 is 10.0 Å². The molecule has 1 unspecified atom stereocenters. The summed E-state index contributed by atoms with van der Waals surface area (Å²) in [6.45, 7) is 6.68. The minimum atomic E-state index is -3.45. The highest BCUT2D eigenvalue weighted by Crippen LogP contribution is 2.27. The molecule has 1 atom stereocenters. The molecule has 2 aliphatic heterocycles. The van der Waals surface area contributed by atoms with Gasteiger partial charge in [-0.05, 0) is 50.7 Å². The number of amides is 1. The number of carbonyl (C=O) groups excluding carboxylic acids is 1. The van der Waals surface area contributed by atoms with Crippen LogP contribution < -0.4 is 0 Å². The van der Waals surface area contributed by atoms with E-state index in [4.69, 9.17) is 0 Å². The molecule has 6 heteroatoms. The fraction of sp³-hybridized carbons (Fsp3) is 0.632. The lowest BCUT2D eigenvalue weighted by Crippen LogP contribution is -2.46. The average molecular weight is 365 g/mol. The Morgan fingerprint density at radius 3 is 2.28 bits per heavy atom. The topological polar surface area (TPSA) is 57.7 Å². The second-order valence-corrected chi connectivity index (χ2v) is 9.46. The minimum Gasteiger partial charge on any atom is -0.342 e. The lowest BCUT2D eigenvalue weighted by atomic mass is 9.93. The molecule has 0 N–H and O–H groups in total. The van der Waals surface area contributed by atoms with Crippen molar-refractivity contribution >= 4 is 15.9 Å². The molecule has 2 saturated heterocycles. The number of rotatable bonds is 3. The highest BCUT2D eigenvalue weighted by molar-refractivity contribution is 7.89. The quantitative estimate of drug-likeness (QED) is 0.828. The van der Waals surface area contributed by atoms with Gasteiger partial charge in [0.2, 0.25) is 15.9 Å². The van der Waals surface area contributed by atoms with Crippen molar-refractivity contribution in [1.82, 2.24) is 9.21 Å². The van der Waals surface area contributed by atoms with Gasteiger partial charge in [-0.25, -0.2) is 8.42 Å². The molecule has 0 spiro atoms. The third-order valence-corrected chi connectivity index (χ3v) is 7.34. The molecule has 138 valence electrons. The van der Waals surface area contributed by atoms with Crippen molar-refractivity contribution in [3.05, 3.63) is 29.8 Å². The Hall–Kier alpha value is -1.40. The van der Waals surface area contributed by atoms with E-state index >= 15 is 0 Å². The van der Waals surface area contributed by atoms with Crippen LogP contribution in [0, 0.1) is 18.8 Å². The summed E-state index contributed by atoms with van der Waals surface area (Å²) < 4.78 is 27.0. The van der Waals surface area contributed by atoms with Crippen LogP contribution in [0.1, 0.15) is 38.2 Å². The summed E-state index contributed by atoms with van der Waals surface area (Å²) in [7, 11) is -3.45. The van der Waals surface area contributed by atoms with Gasteiger partial charge in [-0.3, -0.25) is 4.79 Å². The maximum Gasteiger partial charge on any atom is 0.243 e. The summed E-state index contributed by atoms with van der Waals surface area (Å²) in [5.74, 6) is 0.758. The average Bonchev–Trinajstić information content (AvgIpc) is 2.61.